The molecule has 2 bridgehead atoms. The molecule has 1 N–H and O–H groups in total. The van der Waals surface area contributed by atoms with Crippen molar-refractivity contribution >= 4 is 17.5 Å². The smallest absolute Gasteiger partial charge is 0.233 e. The first-order valence-electron chi connectivity index (χ1n) is 9.00. The minimum atomic E-state index is -0.337. The summed E-state index contributed by atoms with van der Waals surface area (Å²) in [6, 6.07) is 8.82. The Balaban J connectivity index is 1.71. The molecule has 1 saturated carbocycles. The van der Waals surface area contributed by atoms with Crippen LogP contribution in [0.1, 0.15) is 50.5 Å². The Hall–Kier alpha value is -1.06. The van der Waals surface area contributed by atoms with Crippen molar-refractivity contribution in [3.63, 3.8) is 0 Å². The first kappa shape index (κ1) is 15.5. The second kappa shape index (κ2) is 6.10. The zero-order valence-corrected chi connectivity index (χ0v) is 14.3. The van der Waals surface area contributed by atoms with Gasteiger partial charge in [0.15, 0.2) is 0 Å². The molecule has 2 saturated heterocycles. The van der Waals surface area contributed by atoms with Crippen molar-refractivity contribution in [1.29, 1.82) is 0 Å². The fourth-order valence-electron chi connectivity index (χ4n) is 4.95. The van der Waals surface area contributed by atoms with E-state index < -0.39 is 0 Å². The lowest BCUT2D eigenvalue weighted by atomic mass is 9.77. The Morgan fingerprint density at radius 2 is 1.96 bits per heavy atom. The van der Waals surface area contributed by atoms with Crippen molar-refractivity contribution in [2.45, 2.75) is 62.4 Å². The maximum Gasteiger partial charge on any atom is 0.233 e. The van der Waals surface area contributed by atoms with E-state index in [1.807, 2.05) is 18.2 Å². The lowest BCUT2D eigenvalue weighted by Gasteiger charge is -2.38. The van der Waals surface area contributed by atoms with E-state index in [1.165, 1.54) is 6.42 Å². The second-order valence-electron chi connectivity index (χ2n) is 7.39. The third kappa shape index (κ3) is 2.58. The SMILES string of the molecule is O=C(N1C2CCNCC1CC2)C1(c2cccc(Cl)c2)CCCC1. The van der Waals surface area contributed by atoms with E-state index in [-0.39, 0.29) is 5.41 Å². The molecule has 23 heavy (non-hydrogen) atoms. The number of halogens is 1. The maximum atomic E-state index is 13.7. The number of carbonyl (C=O) groups excluding carboxylic acids is 1. The summed E-state index contributed by atoms with van der Waals surface area (Å²) in [5.41, 5.74) is 0.792. The van der Waals surface area contributed by atoms with Gasteiger partial charge in [-0.25, -0.2) is 0 Å². The average Bonchev–Trinajstić information content (AvgIpc) is 3.11. The molecule has 0 aromatic heterocycles. The van der Waals surface area contributed by atoms with Gasteiger partial charge in [-0.2, -0.15) is 0 Å². The van der Waals surface area contributed by atoms with Crippen molar-refractivity contribution in [2.24, 2.45) is 0 Å². The molecular weight excluding hydrogens is 308 g/mol. The van der Waals surface area contributed by atoms with Gasteiger partial charge in [0.25, 0.3) is 0 Å². The van der Waals surface area contributed by atoms with Crippen LogP contribution in [0, 0.1) is 0 Å². The number of hydrogen-bond donors (Lipinski definition) is 1. The molecule has 124 valence electrons. The molecule has 2 aliphatic heterocycles. The Labute approximate surface area is 143 Å². The van der Waals surface area contributed by atoms with E-state index >= 15 is 0 Å². The zero-order chi connectivity index (χ0) is 15.9. The first-order valence-corrected chi connectivity index (χ1v) is 9.38. The van der Waals surface area contributed by atoms with Gasteiger partial charge >= 0.3 is 0 Å². The van der Waals surface area contributed by atoms with Crippen LogP contribution in [0.15, 0.2) is 24.3 Å². The highest BCUT2D eigenvalue weighted by Crippen LogP contribution is 2.45. The van der Waals surface area contributed by atoms with E-state index in [0.29, 0.717) is 18.0 Å². The number of nitrogens with zero attached hydrogens (tertiary/aromatic N) is 1. The minimum absolute atomic E-state index is 0.337. The molecule has 1 amide bonds. The molecule has 1 aromatic carbocycles. The molecule has 3 aliphatic rings. The van der Waals surface area contributed by atoms with Crippen molar-refractivity contribution in [3.8, 4) is 0 Å². The van der Waals surface area contributed by atoms with Gasteiger partial charge in [0, 0.05) is 23.7 Å². The van der Waals surface area contributed by atoms with Crippen LogP contribution in [0.3, 0.4) is 0 Å². The van der Waals surface area contributed by atoms with Gasteiger partial charge in [0.1, 0.15) is 0 Å². The number of rotatable bonds is 2. The first-order chi connectivity index (χ1) is 11.2. The van der Waals surface area contributed by atoms with Gasteiger partial charge in [0.2, 0.25) is 5.91 Å². The molecule has 4 rings (SSSR count). The van der Waals surface area contributed by atoms with E-state index in [0.717, 1.165) is 62.2 Å². The monoisotopic (exact) mass is 332 g/mol. The van der Waals surface area contributed by atoms with Gasteiger partial charge in [-0.15, -0.1) is 0 Å². The molecule has 0 radical (unpaired) electrons. The van der Waals surface area contributed by atoms with Crippen molar-refractivity contribution in [3.05, 3.63) is 34.9 Å². The largest absolute Gasteiger partial charge is 0.335 e. The molecule has 1 aliphatic carbocycles. The summed E-state index contributed by atoms with van der Waals surface area (Å²) in [6.07, 6.45) is 7.62. The number of nitrogens with one attached hydrogen (secondary N) is 1. The van der Waals surface area contributed by atoms with E-state index in [1.54, 1.807) is 0 Å². The van der Waals surface area contributed by atoms with Gasteiger partial charge in [-0.3, -0.25) is 4.79 Å². The number of hydrogen-bond acceptors (Lipinski definition) is 2. The Morgan fingerprint density at radius 1 is 1.17 bits per heavy atom. The van der Waals surface area contributed by atoms with Crippen molar-refractivity contribution in [1.82, 2.24) is 10.2 Å². The molecule has 3 nitrogen and oxygen atoms in total. The normalized spacial score (nSPS) is 29.5. The van der Waals surface area contributed by atoms with Crippen LogP contribution >= 0.6 is 11.6 Å². The third-order valence-electron chi connectivity index (χ3n) is 6.13. The number of carbonyl (C=O) groups is 1. The molecule has 2 unspecified atom stereocenters. The van der Waals surface area contributed by atoms with Gasteiger partial charge in [-0.05, 0) is 56.3 Å². The topological polar surface area (TPSA) is 32.3 Å². The number of amides is 1. The summed E-state index contributed by atoms with van der Waals surface area (Å²) >= 11 is 6.24. The van der Waals surface area contributed by atoms with Gasteiger partial charge in [-0.1, -0.05) is 36.6 Å². The quantitative estimate of drug-likeness (QED) is 0.899. The predicted molar refractivity (Wildman–Crippen MR) is 92.7 cm³/mol. The number of fused-ring (bicyclic) bond motifs is 2. The predicted octanol–water partition coefficient (Wildman–Crippen LogP) is 3.50. The summed E-state index contributed by atoms with van der Waals surface area (Å²) in [6.45, 7) is 1.99. The molecule has 3 fully saturated rings. The highest BCUT2D eigenvalue weighted by molar-refractivity contribution is 6.30. The highest BCUT2D eigenvalue weighted by atomic mass is 35.5. The zero-order valence-electron chi connectivity index (χ0n) is 13.6. The van der Waals surface area contributed by atoms with Crippen LogP contribution in [-0.2, 0) is 10.2 Å². The standard InChI is InChI=1S/C19H25ClN2O/c20-15-5-3-4-14(12-15)19(9-1-2-10-19)18(23)22-16-6-7-17(22)13-21-11-8-16/h3-5,12,16-17,21H,1-2,6-11,13H2. The second-order valence-corrected chi connectivity index (χ2v) is 7.83. The Bertz CT molecular complexity index is 583. The maximum absolute atomic E-state index is 13.7. The lowest BCUT2D eigenvalue weighted by Crippen LogP contribution is -2.51. The van der Waals surface area contributed by atoms with Crippen LogP contribution in [0.25, 0.3) is 0 Å². The summed E-state index contributed by atoms with van der Waals surface area (Å²) in [5.74, 6) is 0.369. The summed E-state index contributed by atoms with van der Waals surface area (Å²) in [4.78, 5) is 16.0. The van der Waals surface area contributed by atoms with Crippen LogP contribution in [0.2, 0.25) is 5.02 Å². The van der Waals surface area contributed by atoms with Crippen LogP contribution in [0.5, 0.6) is 0 Å². The molecule has 2 heterocycles. The molecule has 4 heteroatoms. The van der Waals surface area contributed by atoms with Crippen molar-refractivity contribution in [2.75, 3.05) is 13.1 Å². The summed E-state index contributed by atoms with van der Waals surface area (Å²) in [5, 5.41) is 4.24. The Kier molecular flexibility index (Phi) is 4.10. The lowest BCUT2D eigenvalue weighted by molar-refractivity contribution is -0.140. The van der Waals surface area contributed by atoms with Crippen LogP contribution in [0.4, 0.5) is 0 Å². The van der Waals surface area contributed by atoms with E-state index in [9.17, 15) is 4.79 Å². The minimum Gasteiger partial charge on any atom is -0.335 e. The molecule has 1 aromatic rings. The van der Waals surface area contributed by atoms with Crippen LogP contribution < -0.4 is 5.32 Å². The third-order valence-corrected chi connectivity index (χ3v) is 6.37. The van der Waals surface area contributed by atoms with Crippen molar-refractivity contribution < 1.29 is 4.79 Å². The van der Waals surface area contributed by atoms with E-state index in [4.69, 9.17) is 11.6 Å². The van der Waals surface area contributed by atoms with E-state index in [2.05, 4.69) is 16.3 Å². The van der Waals surface area contributed by atoms with Crippen LogP contribution in [-0.4, -0.2) is 36.0 Å². The highest BCUT2D eigenvalue weighted by Gasteiger charge is 2.49. The fraction of sp³-hybridized carbons (Fsp3) is 0.632. The van der Waals surface area contributed by atoms with Gasteiger partial charge in [0.05, 0.1) is 5.41 Å². The Morgan fingerprint density at radius 3 is 2.74 bits per heavy atom. The van der Waals surface area contributed by atoms with Gasteiger partial charge < -0.3 is 10.2 Å². The molecule has 2 atom stereocenters. The fourth-order valence-corrected chi connectivity index (χ4v) is 5.14. The summed E-state index contributed by atoms with van der Waals surface area (Å²) < 4.78 is 0. The molecular formula is C19H25ClN2O. The molecule has 0 spiro atoms. The summed E-state index contributed by atoms with van der Waals surface area (Å²) in [7, 11) is 0. The average molecular weight is 333 g/mol. The number of benzene rings is 1.